The highest BCUT2D eigenvalue weighted by Crippen LogP contribution is 2.28. The van der Waals surface area contributed by atoms with Gasteiger partial charge in [-0.1, -0.05) is 23.7 Å². The van der Waals surface area contributed by atoms with Gasteiger partial charge >= 0.3 is 0 Å². The molecule has 0 saturated heterocycles. The van der Waals surface area contributed by atoms with E-state index in [1.165, 1.54) is 0 Å². The minimum Gasteiger partial charge on any atom is -0.481 e. The summed E-state index contributed by atoms with van der Waals surface area (Å²) >= 11 is 5.92. The van der Waals surface area contributed by atoms with Gasteiger partial charge in [0.05, 0.1) is 7.11 Å². The van der Waals surface area contributed by atoms with Crippen LogP contribution in [0.1, 0.15) is 0 Å². The molecule has 2 aromatic rings. The van der Waals surface area contributed by atoms with E-state index in [0.29, 0.717) is 10.9 Å². The van der Waals surface area contributed by atoms with Crippen LogP contribution in [-0.2, 0) is 0 Å². The van der Waals surface area contributed by atoms with Crippen LogP contribution in [0.5, 0.6) is 5.88 Å². The minimum atomic E-state index is 0.580. The molecule has 2 nitrogen and oxygen atoms in total. The van der Waals surface area contributed by atoms with E-state index in [1.54, 1.807) is 13.3 Å². The number of ether oxygens (including phenoxy) is 1. The molecule has 0 saturated carbocycles. The van der Waals surface area contributed by atoms with Crippen LogP contribution >= 0.6 is 11.6 Å². The van der Waals surface area contributed by atoms with Crippen LogP contribution in [0.25, 0.3) is 11.1 Å². The average Bonchev–Trinajstić information content (AvgIpc) is 2.29. The summed E-state index contributed by atoms with van der Waals surface area (Å²) in [6.45, 7) is 0. The number of hydrogen-bond acceptors (Lipinski definition) is 2. The topological polar surface area (TPSA) is 22.1 Å². The highest BCUT2D eigenvalue weighted by Gasteiger charge is 2.05. The molecule has 1 radical (unpaired) electrons. The van der Waals surface area contributed by atoms with Crippen molar-refractivity contribution in [1.29, 1.82) is 0 Å². The first-order valence-electron chi connectivity index (χ1n) is 4.47. The molecule has 75 valence electrons. The molecule has 0 aliphatic carbocycles. The predicted octanol–water partition coefficient (Wildman–Crippen LogP) is 3.21. The second kappa shape index (κ2) is 4.32. The quantitative estimate of drug-likeness (QED) is 0.772. The number of hydrogen-bond donors (Lipinski definition) is 0. The number of nitrogens with zero attached hydrogens (tertiary/aromatic N) is 1. The van der Waals surface area contributed by atoms with Crippen molar-refractivity contribution < 1.29 is 4.74 Å². The van der Waals surface area contributed by atoms with Gasteiger partial charge in [0.25, 0.3) is 0 Å². The first kappa shape index (κ1) is 9.99. The first-order valence-corrected chi connectivity index (χ1v) is 4.85. The molecule has 0 N–H and O–H groups in total. The Hall–Kier alpha value is -1.54. The molecule has 1 aromatic heterocycles. The Labute approximate surface area is 93.5 Å². The smallest absolute Gasteiger partial charge is 0.221 e. The molecule has 15 heavy (non-hydrogen) atoms. The third kappa shape index (κ3) is 2.10. The molecule has 1 heterocycles. The van der Waals surface area contributed by atoms with Gasteiger partial charge in [-0.15, -0.1) is 0 Å². The van der Waals surface area contributed by atoms with E-state index in [2.05, 4.69) is 11.1 Å². The highest BCUT2D eigenvalue weighted by molar-refractivity contribution is 6.30. The Morgan fingerprint density at radius 2 is 2.27 bits per heavy atom. The number of rotatable bonds is 2. The summed E-state index contributed by atoms with van der Waals surface area (Å²) < 4.78 is 5.17. The molecule has 0 fully saturated rings. The Balaban J connectivity index is 2.53. The standard InChI is InChI=1S/C12H9ClNO/c1-15-12-11(6-3-7-14-12)9-4-2-5-10(13)8-9/h2,4-8H,1H3. The summed E-state index contributed by atoms with van der Waals surface area (Å²) in [4.78, 5) is 4.08. The SMILES string of the molecule is COc1nc[c]cc1-c1cccc(Cl)c1. The Bertz CT molecular complexity index is 471. The van der Waals surface area contributed by atoms with Gasteiger partial charge in [-0.3, -0.25) is 0 Å². The second-order valence-corrected chi connectivity index (χ2v) is 3.44. The summed E-state index contributed by atoms with van der Waals surface area (Å²) in [5, 5.41) is 0.693. The molecule has 3 heteroatoms. The maximum atomic E-state index is 5.92. The number of pyridine rings is 1. The van der Waals surface area contributed by atoms with Gasteiger partial charge in [0.2, 0.25) is 5.88 Å². The number of aromatic nitrogens is 1. The van der Waals surface area contributed by atoms with Crippen LogP contribution in [0.3, 0.4) is 0 Å². The molecule has 2 rings (SSSR count). The second-order valence-electron chi connectivity index (χ2n) is 3.00. The minimum absolute atomic E-state index is 0.580. The zero-order chi connectivity index (χ0) is 10.7. The van der Waals surface area contributed by atoms with Gasteiger partial charge in [0.15, 0.2) is 0 Å². The van der Waals surface area contributed by atoms with Crippen LogP contribution in [0, 0.1) is 6.07 Å². The predicted molar refractivity (Wildman–Crippen MR) is 60.1 cm³/mol. The molecule has 0 atom stereocenters. The molecule has 0 unspecified atom stereocenters. The van der Waals surface area contributed by atoms with E-state index in [9.17, 15) is 0 Å². The molecule has 0 amide bonds. The van der Waals surface area contributed by atoms with Crippen molar-refractivity contribution in [1.82, 2.24) is 4.98 Å². The lowest BCUT2D eigenvalue weighted by Gasteiger charge is -2.06. The van der Waals surface area contributed by atoms with Gasteiger partial charge in [0.1, 0.15) is 0 Å². The summed E-state index contributed by atoms with van der Waals surface area (Å²) in [5.74, 6) is 0.580. The normalized spacial score (nSPS) is 10.0. The maximum Gasteiger partial charge on any atom is 0.221 e. The monoisotopic (exact) mass is 218 g/mol. The van der Waals surface area contributed by atoms with Crippen LogP contribution in [0.15, 0.2) is 36.5 Å². The number of halogens is 1. The lowest BCUT2D eigenvalue weighted by molar-refractivity contribution is 0.399. The molecule has 0 bridgehead atoms. The summed E-state index contributed by atoms with van der Waals surface area (Å²) in [7, 11) is 1.59. The lowest BCUT2D eigenvalue weighted by atomic mass is 10.1. The fourth-order valence-corrected chi connectivity index (χ4v) is 1.56. The van der Waals surface area contributed by atoms with Crippen LogP contribution in [0.4, 0.5) is 0 Å². The van der Waals surface area contributed by atoms with E-state index in [-0.39, 0.29) is 0 Å². The van der Waals surface area contributed by atoms with Crippen LogP contribution < -0.4 is 4.74 Å². The highest BCUT2D eigenvalue weighted by atomic mass is 35.5. The zero-order valence-corrected chi connectivity index (χ0v) is 8.95. The molecular weight excluding hydrogens is 210 g/mol. The van der Waals surface area contributed by atoms with Gasteiger partial charge < -0.3 is 4.74 Å². The van der Waals surface area contributed by atoms with Crippen LogP contribution in [0.2, 0.25) is 5.02 Å². The molecule has 0 spiro atoms. The zero-order valence-electron chi connectivity index (χ0n) is 8.20. The van der Waals surface area contributed by atoms with E-state index in [1.807, 2.05) is 30.3 Å². The van der Waals surface area contributed by atoms with Gasteiger partial charge in [-0.05, 0) is 23.8 Å². The van der Waals surface area contributed by atoms with Crippen molar-refractivity contribution in [2.24, 2.45) is 0 Å². The van der Waals surface area contributed by atoms with Crippen molar-refractivity contribution in [3.8, 4) is 17.0 Å². The third-order valence-electron chi connectivity index (χ3n) is 2.04. The van der Waals surface area contributed by atoms with Crippen molar-refractivity contribution in [2.75, 3.05) is 7.11 Å². The lowest BCUT2D eigenvalue weighted by Crippen LogP contribution is -1.90. The van der Waals surface area contributed by atoms with Crippen molar-refractivity contribution >= 4 is 11.6 Å². The third-order valence-corrected chi connectivity index (χ3v) is 2.28. The Morgan fingerprint density at radius 3 is 3.00 bits per heavy atom. The van der Waals surface area contributed by atoms with Crippen molar-refractivity contribution in [3.05, 3.63) is 47.6 Å². The molecule has 1 aromatic carbocycles. The summed E-state index contributed by atoms with van der Waals surface area (Å²) in [6.07, 6.45) is 1.58. The number of methoxy groups -OCH3 is 1. The molecule has 0 aliphatic heterocycles. The Morgan fingerprint density at radius 1 is 1.40 bits per heavy atom. The van der Waals surface area contributed by atoms with E-state index < -0.39 is 0 Å². The van der Waals surface area contributed by atoms with Gasteiger partial charge in [-0.25, -0.2) is 4.98 Å². The largest absolute Gasteiger partial charge is 0.481 e. The Kier molecular flexibility index (Phi) is 2.88. The maximum absolute atomic E-state index is 5.92. The van der Waals surface area contributed by atoms with Gasteiger partial charge in [-0.2, -0.15) is 0 Å². The van der Waals surface area contributed by atoms with Crippen molar-refractivity contribution in [3.63, 3.8) is 0 Å². The van der Waals surface area contributed by atoms with Crippen LogP contribution in [-0.4, -0.2) is 12.1 Å². The summed E-state index contributed by atoms with van der Waals surface area (Å²) in [5.41, 5.74) is 1.87. The van der Waals surface area contributed by atoms with E-state index in [4.69, 9.17) is 16.3 Å². The number of benzene rings is 1. The fourth-order valence-electron chi connectivity index (χ4n) is 1.37. The van der Waals surface area contributed by atoms with E-state index in [0.717, 1.165) is 11.1 Å². The van der Waals surface area contributed by atoms with Crippen molar-refractivity contribution in [2.45, 2.75) is 0 Å². The van der Waals surface area contributed by atoms with E-state index >= 15 is 0 Å². The van der Waals surface area contributed by atoms with Gasteiger partial charge in [0, 0.05) is 22.8 Å². The first-order chi connectivity index (χ1) is 7.31. The molecular formula is C12H9ClNO. The average molecular weight is 219 g/mol. The molecule has 0 aliphatic rings. The summed E-state index contributed by atoms with van der Waals surface area (Å²) in [6, 6.07) is 12.3. The fraction of sp³-hybridized carbons (Fsp3) is 0.0833.